The van der Waals surface area contributed by atoms with Gasteiger partial charge >= 0.3 is 17.9 Å². The van der Waals surface area contributed by atoms with Crippen molar-refractivity contribution < 1.29 is 28.6 Å². The van der Waals surface area contributed by atoms with Crippen molar-refractivity contribution in [3.63, 3.8) is 0 Å². The molecular formula is C75H122O6. The zero-order chi connectivity index (χ0) is 58.5. The zero-order valence-electron chi connectivity index (χ0n) is 52.5. The molecule has 0 aliphatic heterocycles. The van der Waals surface area contributed by atoms with Crippen LogP contribution in [-0.2, 0) is 28.6 Å². The number of hydrogen-bond acceptors (Lipinski definition) is 6. The average Bonchev–Trinajstić information content (AvgIpc) is 3.47. The molecule has 0 aromatic carbocycles. The minimum Gasteiger partial charge on any atom is -0.462 e. The Labute approximate surface area is 499 Å². The normalized spacial score (nSPS) is 13.1. The Bertz CT molecular complexity index is 1760. The summed E-state index contributed by atoms with van der Waals surface area (Å²) < 4.78 is 16.9. The maximum Gasteiger partial charge on any atom is 0.306 e. The Balaban J connectivity index is 4.50. The van der Waals surface area contributed by atoms with E-state index in [-0.39, 0.29) is 31.1 Å². The summed E-state index contributed by atoms with van der Waals surface area (Å²) in [6.07, 6.45) is 97.0. The van der Waals surface area contributed by atoms with Crippen molar-refractivity contribution in [1.82, 2.24) is 0 Å². The summed E-state index contributed by atoms with van der Waals surface area (Å²) in [5.41, 5.74) is 0. The smallest absolute Gasteiger partial charge is 0.306 e. The largest absolute Gasteiger partial charge is 0.462 e. The van der Waals surface area contributed by atoms with Crippen molar-refractivity contribution in [2.45, 2.75) is 297 Å². The first-order valence-electron chi connectivity index (χ1n) is 33.3. The Morgan fingerprint density at radius 2 is 0.481 bits per heavy atom. The van der Waals surface area contributed by atoms with Crippen LogP contribution in [0, 0.1) is 0 Å². The van der Waals surface area contributed by atoms with E-state index >= 15 is 0 Å². The van der Waals surface area contributed by atoms with Crippen LogP contribution in [0.15, 0.2) is 146 Å². The van der Waals surface area contributed by atoms with Crippen LogP contribution in [0.3, 0.4) is 0 Å². The van der Waals surface area contributed by atoms with Crippen LogP contribution < -0.4 is 0 Å². The molecule has 0 aromatic heterocycles. The molecule has 0 amide bonds. The average molecular weight is 1120 g/mol. The van der Waals surface area contributed by atoms with E-state index in [2.05, 4.69) is 167 Å². The van der Waals surface area contributed by atoms with Crippen molar-refractivity contribution in [3.05, 3.63) is 146 Å². The fourth-order valence-electron chi connectivity index (χ4n) is 8.81. The molecule has 0 radical (unpaired) electrons. The first kappa shape index (κ1) is 76.3. The van der Waals surface area contributed by atoms with Crippen molar-refractivity contribution in [3.8, 4) is 0 Å². The summed E-state index contributed by atoms with van der Waals surface area (Å²) >= 11 is 0. The number of rotatable bonds is 59. The highest BCUT2D eigenvalue weighted by molar-refractivity contribution is 5.71. The highest BCUT2D eigenvalue weighted by Gasteiger charge is 2.19. The molecule has 0 spiro atoms. The molecule has 0 heterocycles. The maximum atomic E-state index is 12.9. The lowest BCUT2D eigenvalue weighted by atomic mass is 10.1. The molecule has 1 unspecified atom stereocenters. The van der Waals surface area contributed by atoms with Crippen LogP contribution in [0.25, 0.3) is 0 Å². The van der Waals surface area contributed by atoms with Gasteiger partial charge in [0.15, 0.2) is 6.10 Å². The number of allylic oxidation sites excluding steroid dienone is 24. The fourth-order valence-corrected chi connectivity index (χ4v) is 8.81. The third-order valence-corrected chi connectivity index (χ3v) is 13.8. The lowest BCUT2D eigenvalue weighted by Crippen LogP contribution is -2.30. The van der Waals surface area contributed by atoms with Gasteiger partial charge in [0.25, 0.3) is 0 Å². The van der Waals surface area contributed by atoms with Gasteiger partial charge < -0.3 is 14.2 Å². The van der Waals surface area contributed by atoms with Gasteiger partial charge in [-0.25, -0.2) is 0 Å². The summed E-state index contributed by atoms with van der Waals surface area (Å²) in [6.45, 7) is 6.45. The maximum absolute atomic E-state index is 12.9. The highest BCUT2D eigenvalue weighted by atomic mass is 16.6. The molecule has 1 atom stereocenters. The van der Waals surface area contributed by atoms with Gasteiger partial charge in [-0.05, 0) is 148 Å². The molecule has 0 saturated heterocycles. The first-order chi connectivity index (χ1) is 40.0. The number of carbonyl (C=O) groups is 3. The van der Waals surface area contributed by atoms with Crippen LogP contribution in [0.1, 0.15) is 290 Å². The predicted molar refractivity (Wildman–Crippen MR) is 352 cm³/mol. The van der Waals surface area contributed by atoms with Crippen LogP contribution in [-0.4, -0.2) is 37.2 Å². The van der Waals surface area contributed by atoms with Crippen LogP contribution in [0.5, 0.6) is 0 Å². The van der Waals surface area contributed by atoms with Crippen molar-refractivity contribution >= 4 is 17.9 Å². The van der Waals surface area contributed by atoms with Gasteiger partial charge in [0.05, 0.1) is 0 Å². The van der Waals surface area contributed by atoms with Crippen molar-refractivity contribution in [2.75, 3.05) is 13.2 Å². The molecule has 6 heteroatoms. The Morgan fingerprint density at radius 3 is 0.778 bits per heavy atom. The van der Waals surface area contributed by atoms with E-state index in [1.54, 1.807) is 0 Å². The molecule has 0 aliphatic carbocycles. The van der Waals surface area contributed by atoms with Crippen molar-refractivity contribution in [1.29, 1.82) is 0 Å². The molecule has 0 saturated carbocycles. The molecule has 6 nitrogen and oxygen atoms in total. The second-order valence-corrected chi connectivity index (χ2v) is 21.6. The minimum absolute atomic E-state index is 0.104. The monoisotopic (exact) mass is 1120 g/mol. The second-order valence-electron chi connectivity index (χ2n) is 21.6. The quantitative estimate of drug-likeness (QED) is 0.0261. The Hall–Kier alpha value is -4.71. The van der Waals surface area contributed by atoms with Gasteiger partial charge in [0.2, 0.25) is 0 Å². The third-order valence-electron chi connectivity index (χ3n) is 13.8. The number of ether oxygens (including phenoxy) is 3. The van der Waals surface area contributed by atoms with Crippen molar-refractivity contribution in [2.24, 2.45) is 0 Å². The first-order valence-corrected chi connectivity index (χ1v) is 33.3. The van der Waals surface area contributed by atoms with Gasteiger partial charge in [0, 0.05) is 19.3 Å². The van der Waals surface area contributed by atoms with E-state index in [0.29, 0.717) is 25.7 Å². The summed E-state index contributed by atoms with van der Waals surface area (Å²) in [5.74, 6) is -0.962. The number of unbranched alkanes of at least 4 members (excludes halogenated alkanes) is 24. The van der Waals surface area contributed by atoms with Gasteiger partial charge in [-0.2, -0.15) is 0 Å². The standard InChI is InChI=1S/C75H122O6/c1-4-7-10-13-16-19-22-25-28-31-34-35-36-37-38-39-40-41-42-45-47-50-53-56-59-62-65-68-74(77)80-71-72(81-75(78)69-66-63-60-57-54-51-48-44-33-30-27-24-21-18-15-12-9-6-3)70-79-73(76)67-64-61-58-55-52-49-46-43-32-29-26-23-20-17-14-11-8-5-2/h7,10,16,19-21,23-25,28-30,32-35,37-38,40-41,45,47,53,56,72H,4-6,8-9,11-15,17-18,22,26-27,31,36,39,42-44,46,48-52,54-55,57-71H2,1-3H3/b10-7-,19-16-,23-20-,24-21-,28-25-,32-29-,33-30-,35-34-,38-37-,41-40-,47-45-,56-53-. The van der Waals surface area contributed by atoms with Crippen LogP contribution in [0.4, 0.5) is 0 Å². The van der Waals surface area contributed by atoms with Gasteiger partial charge in [-0.1, -0.05) is 269 Å². The summed E-state index contributed by atoms with van der Waals surface area (Å²) in [5, 5.41) is 0. The summed E-state index contributed by atoms with van der Waals surface area (Å²) in [7, 11) is 0. The Kier molecular flexibility index (Phi) is 63.9. The topological polar surface area (TPSA) is 78.9 Å². The molecule has 458 valence electrons. The van der Waals surface area contributed by atoms with E-state index in [1.165, 1.54) is 116 Å². The lowest BCUT2D eigenvalue weighted by Gasteiger charge is -2.18. The molecule has 0 aromatic rings. The van der Waals surface area contributed by atoms with Gasteiger partial charge in [-0.15, -0.1) is 0 Å². The number of esters is 3. The molecule has 81 heavy (non-hydrogen) atoms. The Morgan fingerprint density at radius 1 is 0.259 bits per heavy atom. The minimum atomic E-state index is -0.812. The van der Waals surface area contributed by atoms with E-state index in [0.717, 1.165) is 128 Å². The van der Waals surface area contributed by atoms with E-state index < -0.39 is 6.10 Å². The molecule has 0 aliphatic rings. The third kappa shape index (κ3) is 66.0. The zero-order valence-corrected chi connectivity index (χ0v) is 52.5. The lowest BCUT2D eigenvalue weighted by molar-refractivity contribution is -0.167. The van der Waals surface area contributed by atoms with E-state index in [9.17, 15) is 14.4 Å². The SMILES string of the molecule is CC/C=C\C/C=C\C/C=C\C/C=C\C/C=C\C/C=C\C/C=C\C/C=C\CCCCC(=O)OCC(COC(=O)CCCCCCCCC/C=C\C/C=C\CCCCCC)OC(=O)CCCCCCCCC/C=C\C/C=C\CCCCCC. The molecule has 0 bridgehead atoms. The highest BCUT2D eigenvalue weighted by Crippen LogP contribution is 2.14. The second kappa shape index (κ2) is 67.8. The predicted octanol–water partition coefficient (Wildman–Crippen LogP) is 23.1. The summed E-state index contributed by atoms with van der Waals surface area (Å²) in [6, 6.07) is 0. The van der Waals surface area contributed by atoms with Crippen LogP contribution in [0.2, 0.25) is 0 Å². The van der Waals surface area contributed by atoms with Gasteiger partial charge in [-0.3, -0.25) is 14.4 Å². The molecule has 0 fully saturated rings. The molecule has 0 N–H and O–H groups in total. The fraction of sp³-hybridized carbons (Fsp3) is 0.640. The molecule has 0 rings (SSSR count). The number of hydrogen-bond donors (Lipinski definition) is 0. The van der Waals surface area contributed by atoms with E-state index in [4.69, 9.17) is 14.2 Å². The number of carbonyl (C=O) groups excluding carboxylic acids is 3. The summed E-state index contributed by atoms with van der Waals surface area (Å²) in [4.78, 5) is 38.4. The van der Waals surface area contributed by atoms with Gasteiger partial charge in [0.1, 0.15) is 13.2 Å². The molecular weight excluding hydrogens is 997 g/mol. The van der Waals surface area contributed by atoms with E-state index in [1.807, 2.05) is 0 Å². The van der Waals surface area contributed by atoms with Crippen LogP contribution >= 0.6 is 0 Å².